The van der Waals surface area contributed by atoms with Crippen molar-refractivity contribution < 1.29 is 23.1 Å². The number of carboxylic acids is 1. The number of rotatable bonds is 3. The van der Waals surface area contributed by atoms with Gasteiger partial charge in [0, 0.05) is 6.54 Å². The van der Waals surface area contributed by atoms with E-state index in [-0.39, 0.29) is 16.4 Å². The first-order valence-corrected chi connectivity index (χ1v) is 8.03. The minimum Gasteiger partial charge on any atom is -0.480 e. The molecule has 0 amide bonds. The lowest BCUT2D eigenvalue weighted by Gasteiger charge is -2.24. The van der Waals surface area contributed by atoms with E-state index in [2.05, 4.69) is 5.10 Å². The van der Waals surface area contributed by atoms with E-state index in [1.807, 2.05) is 0 Å². The molecule has 1 aromatic heterocycles. The maximum absolute atomic E-state index is 12.9. The van der Waals surface area contributed by atoms with Gasteiger partial charge >= 0.3 is 12.1 Å². The van der Waals surface area contributed by atoms with Gasteiger partial charge in [0.25, 0.3) is 5.56 Å². The first kappa shape index (κ1) is 18.2. The molecule has 10 heteroatoms. The molecule has 1 atom stereocenters. The zero-order valence-corrected chi connectivity index (χ0v) is 14.0. The molecule has 26 heavy (non-hydrogen) atoms. The number of halogens is 4. The van der Waals surface area contributed by atoms with Crippen LogP contribution in [0.1, 0.15) is 18.4 Å². The summed E-state index contributed by atoms with van der Waals surface area (Å²) >= 11 is 6.10. The van der Waals surface area contributed by atoms with Crippen molar-refractivity contribution in [3.63, 3.8) is 0 Å². The number of aliphatic carboxylic acids is 1. The minimum atomic E-state index is -4.56. The summed E-state index contributed by atoms with van der Waals surface area (Å²) in [6.45, 7) is 0.394. The highest BCUT2D eigenvalue weighted by Gasteiger charge is 2.33. The van der Waals surface area contributed by atoms with E-state index in [9.17, 15) is 27.9 Å². The van der Waals surface area contributed by atoms with Crippen LogP contribution < -0.4 is 10.5 Å². The van der Waals surface area contributed by atoms with E-state index in [1.165, 1.54) is 17.2 Å². The van der Waals surface area contributed by atoms with Crippen molar-refractivity contribution in [2.45, 2.75) is 25.1 Å². The molecule has 0 saturated carbocycles. The first-order chi connectivity index (χ1) is 12.2. The van der Waals surface area contributed by atoms with E-state index in [0.29, 0.717) is 19.4 Å². The van der Waals surface area contributed by atoms with Crippen LogP contribution in [0, 0.1) is 0 Å². The molecule has 3 rings (SSSR count). The predicted molar refractivity (Wildman–Crippen MR) is 87.8 cm³/mol. The molecule has 2 aromatic rings. The summed E-state index contributed by atoms with van der Waals surface area (Å²) in [5.74, 6) is -1.04. The van der Waals surface area contributed by atoms with Crippen molar-refractivity contribution >= 4 is 23.3 Å². The van der Waals surface area contributed by atoms with Crippen LogP contribution in [0.2, 0.25) is 5.02 Å². The maximum Gasteiger partial charge on any atom is 0.416 e. The van der Waals surface area contributed by atoms with Gasteiger partial charge in [0.1, 0.15) is 11.1 Å². The Morgan fingerprint density at radius 1 is 1.35 bits per heavy atom. The van der Waals surface area contributed by atoms with E-state index < -0.39 is 29.3 Å². The number of alkyl halides is 3. The van der Waals surface area contributed by atoms with Crippen LogP contribution in [0.4, 0.5) is 18.9 Å². The van der Waals surface area contributed by atoms with Crippen molar-refractivity contribution in [1.82, 2.24) is 9.78 Å². The molecule has 1 aliphatic heterocycles. The highest BCUT2D eigenvalue weighted by atomic mass is 35.5. The number of carboxylic acid groups (broad SMARTS) is 1. The Labute approximate surface area is 150 Å². The van der Waals surface area contributed by atoms with Gasteiger partial charge in [-0.15, -0.1) is 0 Å². The van der Waals surface area contributed by atoms with E-state index in [0.717, 1.165) is 22.9 Å². The minimum absolute atomic E-state index is 0.0884. The summed E-state index contributed by atoms with van der Waals surface area (Å²) in [6.07, 6.45) is -2.34. The van der Waals surface area contributed by atoms with Crippen molar-refractivity contribution in [3.05, 3.63) is 51.4 Å². The zero-order valence-electron chi connectivity index (χ0n) is 13.2. The van der Waals surface area contributed by atoms with Crippen molar-refractivity contribution in [2.24, 2.45) is 0 Å². The second-order valence-electron chi connectivity index (χ2n) is 5.80. The number of carbonyl (C=O) groups is 1. The summed E-state index contributed by atoms with van der Waals surface area (Å²) in [5.41, 5.74) is -1.67. The smallest absolute Gasteiger partial charge is 0.416 e. The number of hydrogen-bond acceptors (Lipinski definition) is 4. The fraction of sp³-hybridized carbons (Fsp3) is 0.312. The average Bonchev–Trinajstić information content (AvgIpc) is 3.06. The SMILES string of the molecule is O=C(O)C1CCCN1c1cnn(-c2cccc(C(F)(F)F)c2)c(=O)c1Cl. The summed E-state index contributed by atoms with van der Waals surface area (Å²) in [5, 5.41) is 12.9. The lowest BCUT2D eigenvalue weighted by atomic mass is 10.2. The van der Waals surface area contributed by atoms with Gasteiger partial charge in [-0.1, -0.05) is 17.7 Å². The molecule has 0 aliphatic carbocycles. The number of anilines is 1. The molecule has 0 spiro atoms. The van der Waals surface area contributed by atoms with Crippen LogP contribution in [0.3, 0.4) is 0 Å². The van der Waals surface area contributed by atoms with E-state index in [1.54, 1.807) is 0 Å². The molecular weight excluding hydrogens is 375 g/mol. The molecule has 1 aliphatic rings. The van der Waals surface area contributed by atoms with E-state index in [4.69, 9.17) is 11.6 Å². The molecule has 0 radical (unpaired) electrons. The molecule has 1 unspecified atom stereocenters. The third-order valence-corrected chi connectivity index (χ3v) is 4.52. The average molecular weight is 388 g/mol. The van der Waals surface area contributed by atoms with Gasteiger partial charge < -0.3 is 10.0 Å². The normalized spacial score (nSPS) is 17.5. The molecule has 1 N–H and O–H groups in total. The quantitative estimate of drug-likeness (QED) is 0.876. The van der Waals surface area contributed by atoms with E-state index >= 15 is 0 Å². The fourth-order valence-electron chi connectivity index (χ4n) is 2.93. The summed E-state index contributed by atoms with van der Waals surface area (Å²) in [7, 11) is 0. The Balaban J connectivity index is 2.04. The second-order valence-corrected chi connectivity index (χ2v) is 6.18. The Morgan fingerprint density at radius 2 is 2.08 bits per heavy atom. The van der Waals surface area contributed by atoms with Gasteiger partial charge in [0.05, 0.1) is 23.1 Å². The van der Waals surface area contributed by atoms with Gasteiger partial charge in [-0.25, -0.2) is 4.79 Å². The molecule has 0 bridgehead atoms. The Hall–Kier alpha value is -2.55. The number of benzene rings is 1. The lowest BCUT2D eigenvalue weighted by molar-refractivity contribution is -0.138. The largest absolute Gasteiger partial charge is 0.480 e. The molecule has 138 valence electrons. The molecule has 1 saturated heterocycles. The molecular formula is C16H13ClF3N3O3. The van der Waals surface area contributed by atoms with Crippen LogP contribution in [0.25, 0.3) is 5.69 Å². The summed E-state index contributed by atoms with van der Waals surface area (Å²) in [6, 6.07) is 3.31. The van der Waals surface area contributed by atoms with Crippen molar-refractivity contribution in [1.29, 1.82) is 0 Å². The van der Waals surface area contributed by atoms with Gasteiger partial charge in [-0.3, -0.25) is 4.79 Å². The Morgan fingerprint density at radius 3 is 2.73 bits per heavy atom. The fourth-order valence-corrected chi connectivity index (χ4v) is 3.17. The van der Waals surface area contributed by atoms with Crippen molar-refractivity contribution in [3.8, 4) is 5.69 Å². The summed E-state index contributed by atoms with van der Waals surface area (Å²) in [4.78, 5) is 25.3. The Bertz CT molecular complexity index is 914. The maximum atomic E-state index is 12.9. The van der Waals surface area contributed by atoms with Gasteiger partial charge in [-0.2, -0.15) is 23.0 Å². The second kappa shape index (κ2) is 6.64. The van der Waals surface area contributed by atoms with Gasteiger partial charge in [0.15, 0.2) is 0 Å². The predicted octanol–water partition coefficient (Wildman–Crippen LogP) is 2.96. The molecule has 1 fully saturated rings. The Kier molecular flexibility index (Phi) is 4.66. The number of aromatic nitrogens is 2. The van der Waals surface area contributed by atoms with Gasteiger partial charge in [-0.05, 0) is 31.0 Å². The van der Waals surface area contributed by atoms with Crippen LogP contribution in [0.5, 0.6) is 0 Å². The van der Waals surface area contributed by atoms with Crippen LogP contribution in [-0.2, 0) is 11.0 Å². The number of nitrogens with zero attached hydrogens (tertiary/aromatic N) is 3. The van der Waals surface area contributed by atoms with Gasteiger partial charge in [0.2, 0.25) is 0 Å². The molecule has 2 heterocycles. The third kappa shape index (κ3) is 3.26. The van der Waals surface area contributed by atoms with Crippen LogP contribution in [-0.4, -0.2) is 33.4 Å². The van der Waals surface area contributed by atoms with Crippen LogP contribution in [0.15, 0.2) is 35.3 Å². The van der Waals surface area contributed by atoms with Crippen molar-refractivity contribution in [2.75, 3.05) is 11.4 Å². The topological polar surface area (TPSA) is 75.4 Å². The standard InChI is InChI=1S/C16H13ClF3N3O3/c17-13-12(22-6-2-5-11(22)15(25)26)8-21-23(14(13)24)10-4-1-3-9(7-10)16(18,19)20/h1,3-4,7-8,11H,2,5-6H2,(H,25,26). The highest BCUT2D eigenvalue weighted by molar-refractivity contribution is 6.33. The number of hydrogen-bond donors (Lipinski definition) is 1. The first-order valence-electron chi connectivity index (χ1n) is 7.65. The van der Waals surface area contributed by atoms with Crippen LogP contribution >= 0.6 is 11.6 Å². The molecule has 1 aromatic carbocycles. The molecule has 6 nitrogen and oxygen atoms in total. The highest BCUT2D eigenvalue weighted by Crippen LogP contribution is 2.31. The monoisotopic (exact) mass is 387 g/mol. The zero-order chi connectivity index (χ0) is 19.1. The summed E-state index contributed by atoms with van der Waals surface area (Å²) < 4.78 is 39.3. The lowest BCUT2D eigenvalue weighted by Crippen LogP contribution is -2.37. The third-order valence-electron chi connectivity index (χ3n) is 4.17.